The predicted molar refractivity (Wildman–Crippen MR) is 132 cm³/mol. The quantitative estimate of drug-likeness (QED) is 0.184. The van der Waals surface area contributed by atoms with Crippen LogP contribution in [0.1, 0.15) is 35.1 Å². The van der Waals surface area contributed by atoms with Crippen molar-refractivity contribution in [3.05, 3.63) is 70.8 Å². The number of carbonyl (C=O) groups excluding carboxylic acids is 2. The first-order valence-corrected chi connectivity index (χ1v) is 11.1. The van der Waals surface area contributed by atoms with Crippen LogP contribution in [0.25, 0.3) is 0 Å². The molecule has 2 aromatic carbocycles. The number of rotatable bonds is 12. The number of aliphatic imine (C=N–C) groups is 1. The highest BCUT2D eigenvalue weighted by Gasteiger charge is 2.39. The fraction of sp³-hybridized carbons (Fsp3) is 0.400. The fourth-order valence-corrected chi connectivity index (χ4v) is 3.75. The summed E-state index contributed by atoms with van der Waals surface area (Å²) in [5, 5.41) is 2.86. The normalized spacial score (nSPS) is 12.1. The molecule has 0 aliphatic rings. The van der Waals surface area contributed by atoms with Gasteiger partial charge in [-0.15, -0.1) is 0 Å². The van der Waals surface area contributed by atoms with E-state index in [1.54, 1.807) is 0 Å². The molecule has 0 aliphatic heterocycles. The molecule has 0 spiro atoms. The number of nitrogens with two attached hydrogens (primary N) is 4. The third kappa shape index (κ3) is 7.91. The van der Waals surface area contributed by atoms with Gasteiger partial charge in [0.2, 0.25) is 11.8 Å². The van der Waals surface area contributed by atoms with E-state index in [1.165, 1.54) is 0 Å². The van der Waals surface area contributed by atoms with Crippen LogP contribution in [0.5, 0.6) is 0 Å². The van der Waals surface area contributed by atoms with Crippen molar-refractivity contribution in [2.24, 2.45) is 33.3 Å². The third-order valence-corrected chi connectivity index (χ3v) is 5.79. The average Bonchev–Trinajstić information content (AvgIpc) is 2.77. The summed E-state index contributed by atoms with van der Waals surface area (Å²) in [6.07, 6.45) is 1.69. The largest absolute Gasteiger partial charge is 0.370 e. The van der Waals surface area contributed by atoms with Gasteiger partial charge in [-0.05, 0) is 50.7 Å². The summed E-state index contributed by atoms with van der Waals surface area (Å²) in [6, 6.07) is 15.2. The van der Waals surface area contributed by atoms with Gasteiger partial charge in [0.15, 0.2) is 5.96 Å². The van der Waals surface area contributed by atoms with E-state index in [4.69, 9.17) is 22.9 Å². The van der Waals surface area contributed by atoms with E-state index in [-0.39, 0.29) is 18.4 Å². The molecule has 1 atom stereocenters. The molecular formula is C25H36N6O2. The molecule has 2 amide bonds. The summed E-state index contributed by atoms with van der Waals surface area (Å²) in [7, 11) is 0. The third-order valence-electron chi connectivity index (χ3n) is 5.79. The van der Waals surface area contributed by atoms with Crippen molar-refractivity contribution in [2.75, 3.05) is 13.1 Å². The number of hydrogen-bond donors (Lipinski definition) is 5. The van der Waals surface area contributed by atoms with Gasteiger partial charge in [-0.3, -0.25) is 14.6 Å². The highest BCUT2D eigenvalue weighted by molar-refractivity contribution is 5.90. The SMILES string of the molecule is Cc1ccc(CC(CN)(Cc2ccc(C)cc2)C(=O)N[C@@H](CCCN=C(N)N)C(N)=O)cc1. The summed E-state index contributed by atoms with van der Waals surface area (Å²) in [5.74, 6) is -0.922. The van der Waals surface area contributed by atoms with Crippen molar-refractivity contribution >= 4 is 17.8 Å². The minimum atomic E-state index is -0.946. The molecule has 8 heteroatoms. The Balaban J connectivity index is 2.29. The van der Waals surface area contributed by atoms with Crippen LogP contribution < -0.4 is 28.3 Å². The molecule has 33 heavy (non-hydrogen) atoms. The minimum absolute atomic E-state index is 0.0204. The monoisotopic (exact) mass is 452 g/mol. The zero-order chi connectivity index (χ0) is 24.4. The van der Waals surface area contributed by atoms with E-state index in [1.807, 2.05) is 62.4 Å². The molecule has 0 radical (unpaired) electrons. The number of guanidine groups is 1. The molecule has 178 valence electrons. The second kappa shape index (κ2) is 12.0. The van der Waals surface area contributed by atoms with Crippen LogP contribution in [0.4, 0.5) is 0 Å². The number of primary amides is 1. The molecule has 0 aliphatic carbocycles. The standard InChI is InChI=1S/C25H36N6O2/c1-17-5-9-19(10-6-17)14-25(16-26,15-20-11-7-18(2)8-12-20)23(33)31-21(22(27)32)4-3-13-30-24(28)29/h5-12,21H,3-4,13-16,26H2,1-2H3,(H2,27,32)(H,31,33)(H4,28,29,30)/t21-/m0/s1. The van der Waals surface area contributed by atoms with Crippen LogP contribution in [0.2, 0.25) is 0 Å². The molecule has 0 saturated heterocycles. The molecule has 9 N–H and O–H groups in total. The van der Waals surface area contributed by atoms with Gasteiger partial charge in [0.25, 0.3) is 0 Å². The zero-order valence-corrected chi connectivity index (χ0v) is 19.5. The molecule has 0 unspecified atom stereocenters. The van der Waals surface area contributed by atoms with Crippen molar-refractivity contribution in [1.29, 1.82) is 0 Å². The number of amides is 2. The second-order valence-electron chi connectivity index (χ2n) is 8.69. The maximum atomic E-state index is 13.6. The summed E-state index contributed by atoms with van der Waals surface area (Å²) < 4.78 is 0. The van der Waals surface area contributed by atoms with E-state index in [0.29, 0.717) is 32.2 Å². The smallest absolute Gasteiger partial charge is 0.240 e. The van der Waals surface area contributed by atoms with Crippen molar-refractivity contribution < 1.29 is 9.59 Å². The summed E-state index contributed by atoms with van der Waals surface area (Å²) in [4.78, 5) is 29.6. The van der Waals surface area contributed by atoms with Gasteiger partial charge in [-0.1, -0.05) is 59.7 Å². The Bertz CT molecular complexity index is 902. The van der Waals surface area contributed by atoms with Gasteiger partial charge in [0, 0.05) is 13.1 Å². The van der Waals surface area contributed by atoms with Gasteiger partial charge in [0.1, 0.15) is 6.04 Å². The van der Waals surface area contributed by atoms with Crippen molar-refractivity contribution in [2.45, 2.75) is 45.6 Å². The summed E-state index contributed by atoms with van der Waals surface area (Å²) in [6.45, 7) is 4.48. The Morgan fingerprint density at radius 3 is 1.79 bits per heavy atom. The number of nitrogens with one attached hydrogen (secondary N) is 1. The van der Waals surface area contributed by atoms with Crippen molar-refractivity contribution in [3.8, 4) is 0 Å². The molecule has 2 rings (SSSR count). The fourth-order valence-electron chi connectivity index (χ4n) is 3.75. The number of aryl methyl sites for hydroxylation is 2. The highest BCUT2D eigenvalue weighted by Crippen LogP contribution is 2.29. The van der Waals surface area contributed by atoms with Gasteiger partial charge < -0.3 is 28.3 Å². The molecule has 0 fully saturated rings. The van der Waals surface area contributed by atoms with E-state index in [2.05, 4.69) is 10.3 Å². The molecule has 0 bridgehead atoms. The lowest BCUT2D eigenvalue weighted by Gasteiger charge is -2.33. The molecule has 0 heterocycles. The van der Waals surface area contributed by atoms with E-state index in [0.717, 1.165) is 22.3 Å². The van der Waals surface area contributed by atoms with Gasteiger partial charge in [-0.2, -0.15) is 0 Å². The lowest BCUT2D eigenvalue weighted by atomic mass is 9.75. The van der Waals surface area contributed by atoms with Crippen LogP contribution in [0, 0.1) is 19.3 Å². The van der Waals surface area contributed by atoms with Gasteiger partial charge in [-0.25, -0.2) is 0 Å². The first kappa shape index (κ1) is 25.9. The van der Waals surface area contributed by atoms with Crippen LogP contribution in [-0.2, 0) is 22.4 Å². The Hall–Kier alpha value is -3.39. The zero-order valence-electron chi connectivity index (χ0n) is 19.5. The Kier molecular flexibility index (Phi) is 9.42. The highest BCUT2D eigenvalue weighted by atomic mass is 16.2. The second-order valence-corrected chi connectivity index (χ2v) is 8.69. The van der Waals surface area contributed by atoms with Crippen molar-refractivity contribution in [3.63, 3.8) is 0 Å². The number of benzene rings is 2. The maximum Gasteiger partial charge on any atom is 0.240 e. The Morgan fingerprint density at radius 1 is 0.909 bits per heavy atom. The first-order chi connectivity index (χ1) is 15.6. The Labute approximate surface area is 195 Å². The minimum Gasteiger partial charge on any atom is -0.370 e. The van der Waals surface area contributed by atoms with Gasteiger partial charge >= 0.3 is 0 Å². The first-order valence-electron chi connectivity index (χ1n) is 11.1. The van der Waals surface area contributed by atoms with Crippen LogP contribution in [-0.4, -0.2) is 36.9 Å². The molecule has 0 aromatic heterocycles. The molecule has 0 saturated carbocycles. The summed E-state index contributed by atoms with van der Waals surface area (Å²) >= 11 is 0. The van der Waals surface area contributed by atoms with E-state index in [9.17, 15) is 9.59 Å². The lowest BCUT2D eigenvalue weighted by Crippen LogP contribution is -2.54. The number of nitrogens with zero attached hydrogens (tertiary/aromatic N) is 1. The molecule has 2 aromatic rings. The lowest BCUT2D eigenvalue weighted by molar-refractivity contribution is -0.134. The summed E-state index contributed by atoms with van der Waals surface area (Å²) in [5.41, 5.74) is 25.8. The van der Waals surface area contributed by atoms with Gasteiger partial charge in [0.05, 0.1) is 5.41 Å². The number of carbonyl (C=O) groups is 2. The van der Waals surface area contributed by atoms with Crippen LogP contribution in [0.15, 0.2) is 53.5 Å². The van der Waals surface area contributed by atoms with E-state index < -0.39 is 17.4 Å². The van der Waals surface area contributed by atoms with Crippen LogP contribution in [0.3, 0.4) is 0 Å². The topological polar surface area (TPSA) is 163 Å². The average molecular weight is 453 g/mol. The van der Waals surface area contributed by atoms with Crippen molar-refractivity contribution in [1.82, 2.24) is 5.32 Å². The maximum absolute atomic E-state index is 13.6. The van der Waals surface area contributed by atoms with Crippen LogP contribution >= 0.6 is 0 Å². The molecule has 8 nitrogen and oxygen atoms in total. The molecular weight excluding hydrogens is 416 g/mol. The predicted octanol–water partition coefficient (Wildman–Crippen LogP) is 1.06. The van der Waals surface area contributed by atoms with E-state index >= 15 is 0 Å². The Morgan fingerprint density at radius 2 is 1.39 bits per heavy atom. The number of hydrogen-bond acceptors (Lipinski definition) is 4.